The Labute approximate surface area is 139 Å². The molecule has 0 radical (unpaired) electrons. The van der Waals surface area contributed by atoms with Crippen molar-refractivity contribution in [1.82, 2.24) is 5.32 Å². The van der Waals surface area contributed by atoms with Crippen LogP contribution in [0.5, 0.6) is 0 Å². The molecule has 1 nitrogen and oxygen atoms in total. The normalized spacial score (nSPS) is 12.4. The summed E-state index contributed by atoms with van der Waals surface area (Å²) in [7, 11) is 0. The molecular formula is C16H15Cl3FN. The van der Waals surface area contributed by atoms with Gasteiger partial charge in [0.15, 0.2) is 0 Å². The van der Waals surface area contributed by atoms with Gasteiger partial charge in [0.05, 0.1) is 0 Å². The van der Waals surface area contributed by atoms with Crippen LogP contribution in [0.4, 0.5) is 4.39 Å². The predicted octanol–water partition coefficient (Wildman–Crippen LogP) is 5.68. The van der Waals surface area contributed by atoms with E-state index in [1.165, 1.54) is 12.1 Å². The molecule has 0 saturated carbocycles. The first-order valence-corrected chi connectivity index (χ1v) is 7.77. The minimum absolute atomic E-state index is 0.244. The van der Waals surface area contributed by atoms with Gasteiger partial charge in [-0.15, -0.1) is 0 Å². The quantitative estimate of drug-likeness (QED) is 0.734. The van der Waals surface area contributed by atoms with Crippen LogP contribution in [0.25, 0.3) is 0 Å². The Balaban J connectivity index is 2.38. The van der Waals surface area contributed by atoms with E-state index >= 15 is 0 Å². The van der Waals surface area contributed by atoms with Gasteiger partial charge in [-0.25, -0.2) is 4.39 Å². The molecule has 2 rings (SSSR count). The first-order valence-electron chi connectivity index (χ1n) is 6.64. The van der Waals surface area contributed by atoms with E-state index in [-0.39, 0.29) is 11.9 Å². The largest absolute Gasteiger partial charge is 0.310 e. The van der Waals surface area contributed by atoms with E-state index in [9.17, 15) is 4.39 Å². The predicted molar refractivity (Wildman–Crippen MR) is 88.0 cm³/mol. The smallest absolute Gasteiger partial charge is 0.128 e. The highest BCUT2D eigenvalue weighted by molar-refractivity contribution is 6.36. The van der Waals surface area contributed by atoms with Crippen LogP contribution in [0.1, 0.15) is 24.1 Å². The van der Waals surface area contributed by atoms with Gasteiger partial charge < -0.3 is 5.32 Å². The zero-order valence-corrected chi connectivity index (χ0v) is 13.7. The highest BCUT2D eigenvalue weighted by Gasteiger charge is 2.18. The molecule has 1 unspecified atom stereocenters. The van der Waals surface area contributed by atoms with Crippen molar-refractivity contribution in [2.24, 2.45) is 0 Å². The first kappa shape index (κ1) is 16.6. The molecule has 0 aliphatic rings. The summed E-state index contributed by atoms with van der Waals surface area (Å²) in [5.74, 6) is -0.298. The van der Waals surface area contributed by atoms with E-state index in [0.29, 0.717) is 33.6 Å². The summed E-state index contributed by atoms with van der Waals surface area (Å²) in [6, 6.07) is 9.64. The van der Waals surface area contributed by atoms with E-state index < -0.39 is 0 Å². The van der Waals surface area contributed by atoms with E-state index in [4.69, 9.17) is 34.8 Å². The maximum Gasteiger partial charge on any atom is 0.128 e. The molecule has 112 valence electrons. The third-order valence-electron chi connectivity index (χ3n) is 3.25. The molecule has 5 heteroatoms. The molecule has 0 bridgehead atoms. The molecule has 2 aromatic carbocycles. The Morgan fingerprint density at radius 2 is 1.76 bits per heavy atom. The van der Waals surface area contributed by atoms with Crippen LogP contribution in [0, 0.1) is 5.82 Å². The third-order valence-corrected chi connectivity index (χ3v) is 4.20. The molecule has 0 amide bonds. The minimum Gasteiger partial charge on any atom is -0.310 e. The van der Waals surface area contributed by atoms with Crippen molar-refractivity contribution in [2.75, 3.05) is 6.54 Å². The lowest BCUT2D eigenvalue weighted by Gasteiger charge is -2.20. The number of hydrogen-bond acceptors (Lipinski definition) is 1. The number of hydrogen-bond donors (Lipinski definition) is 1. The van der Waals surface area contributed by atoms with Crippen LogP contribution in [0.3, 0.4) is 0 Å². The zero-order valence-electron chi connectivity index (χ0n) is 11.5. The van der Waals surface area contributed by atoms with Gasteiger partial charge in [-0.3, -0.25) is 0 Å². The van der Waals surface area contributed by atoms with Crippen LogP contribution in [0.2, 0.25) is 15.1 Å². The molecule has 0 fully saturated rings. The molecule has 1 N–H and O–H groups in total. The lowest BCUT2D eigenvalue weighted by atomic mass is 9.98. The second kappa shape index (κ2) is 7.46. The lowest BCUT2D eigenvalue weighted by molar-refractivity contribution is 0.510. The van der Waals surface area contributed by atoms with Crippen LogP contribution in [-0.4, -0.2) is 6.54 Å². The van der Waals surface area contributed by atoms with E-state index in [0.717, 1.165) is 5.56 Å². The summed E-state index contributed by atoms with van der Waals surface area (Å²) in [4.78, 5) is 0. The Bertz CT molecular complexity index is 611. The monoisotopic (exact) mass is 345 g/mol. The Hall–Kier alpha value is -0.800. The summed E-state index contributed by atoms with van der Waals surface area (Å²) in [5.41, 5.74) is 1.31. The van der Waals surface area contributed by atoms with Crippen LogP contribution in [0.15, 0.2) is 36.4 Å². The summed E-state index contributed by atoms with van der Waals surface area (Å²) in [5, 5.41) is 4.91. The second-order valence-electron chi connectivity index (χ2n) is 4.68. The molecule has 0 aromatic heterocycles. The standard InChI is InChI=1S/C16H15Cl3FN/c1-2-21-16(12-8-10(17)6-7-15(12)20)9-11-13(18)4-3-5-14(11)19/h3-8,16,21H,2,9H2,1H3. The van der Waals surface area contributed by atoms with Gasteiger partial charge in [-0.05, 0) is 48.9 Å². The summed E-state index contributed by atoms with van der Waals surface area (Å²) >= 11 is 18.4. The van der Waals surface area contributed by atoms with Crippen molar-refractivity contribution >= 4 is 34.8 Å². The van der Waals surface area contributed by atoms with Gasteiger partial charge in [-0.2, -0.15) is 0 Å². The van der Waals surface area contributed by atoms with E-state index in [2.05, 4.69) is 5.32 Å². The van der Waals surface area contributed by atoms with Crippen molar-refractivity contribution in [3.8, 4) is 0 Å². The fourth-order valence-corrected chi connectivity index (χ4v) is 2.98. The van der Waals surface area contributed by atoms with Crippen LogP contribution >= 0.6 is 34.8 Å². The van der Waals surface area contributed by atoms with Crippen molar-refractivity contribution < 1.29 is 4.39 Å². The maximum absolute atomic E-state index is 14.1. The highest BCUT2D eigenvalue weighted by atomic mass is 35.5. The maximum atomic E-state index is 14.1. The van der Waals surface area contributed by atoms with Crippen molar-refractivity contribution in [3.05, 3.63) is 68.4 Å². The molecule has 2 aromatic rings. The van der Waals surface area contributed by atoms with E-state index in [1.54, 1.807) is 24.3 Å². The Kier molecular flexibility index (Phi) is 5.88. The summed E-state index contributed by atoms with van der Waals surface area (Å²) in [6.45, 7) is 2.66. The SMILES string of the molecule is CCNC(Cc1c(Cl)cccc1Cl)c1cc(Cl)ccc1F. The van der Waals surface area contributed by atoms with Gasteiger partial charge >= 0.3 is 0 Å². The molecule has 0 saturated heterocycles. The summed E-state index contributed by atoms with van der Waals surface area (Å²) in [6.07, 6.45) is 0.490. The fraction of sp³-hybridized carbons (Fsp3) is 0.250. The van der Waals surface area contributed by atoms with E-state index in [1.807, 2.05) is 6.92 Å². The van der Waals surface area contributed by atoms with Crippen molar-refractivity contribution in [2.45, 2.75) is 19.4 Å². The van der Waals surface area contributed by atoms with Crippen molar-refractivity contribution in [3.63, 3.8) is 0 Å². The van der Waals surface area contributed by atoms with Gasteiger partial charge in [0, 0.05) is 26.7 Å². The molecule has 0 heterocycles. The van der Waals surface area contributed by atoms with Crippen molar-refractivity contribution in [1.29, 1.82) is 0 Å². The molecule has 21 heavy (non-hydrogen) atoms. The van der Waals surface area contributed by atoms with Crippen LogP contribution < -0.4 is 5.32 Å². The fourth-order valence-electron chi connectivity index (χ4n) is 2.25. The minimum atomic E-state index is -0.298. The average molecular weight is 347 g/mol. The molecule has 0 aliphatic heterocycles. The first-order chi connectivity index (χ1) is 10.0. The Morgan fingerprint density at radius 1 is 1.10 bits per heavy atom. The Morgan fingerprint density at radius 3 is 2.38 bits per heavy atom. The average Bonchev–Trinajstić information content (AvgIpc) is 2.44. The molecule has 0 aliphatic carbocycles. The molecule has 0 spiro atoms. The summed E-state index contributed by atoms with van der Waals surface area (Å²) < 4.78 is 14.1. The third kappa shape index (κ3) is 4.10. The second-order valence-corrected chi connectivity index (χ2v) is 5.93. The van der Waals surface area contributed by atoms with Gasteiger partial charge in [0.2, 0.25) is 0 Å². The molecule has 1 atom stereocenters. The number of rotatable bonds is 5. The zero-order chi connectivity index (χ0) is 15.4. The number of benzene rings is 2. The molecular weight excluding hydrogens is 332 g/mol. The topological polar surface area (TPSA) is 12.0 Å². The van der Waals surface area contributed by atoms with Gasteiger partial charge in [0.1, 0.15) is 5.82 Å². The van der Waals surface area contributed by atoms with Gasteiger partial charge in [-0.1, -0.05) is 47.8 Å². The lowest BCUT2D eigenvalue weighted by Crippen LogP contribution is -2.24. The van der Waals surface area contributed by atoms with Crippen LogP contribution in [-0.2, 0) is 6.42 Å². The number of likely N-dealkylation sites (N-methyl/N-ethyl adjacent to an activating group) is 1. The van der Waals surface area contributed by atoms with Gasteiger partial charge in [0.25, 0.3) is 0 Å². The number of halogens is 4. The highest BCUT2D eigenvalue weighted by Crippen LogP contribution is 2.31. The number of nitrogens with one attached hydrogen (secondary N) is 1.